The molecule has 4 rings (SSSR count). The van der Waals surface area contributed by atoms with E-state index in [2.05, 4.69) is 18.2 Å². The fourth-order valence-electron chi connectivity index (χ4n) is 3.94. The Morgan fingerprint density at radius 1 is 1.10 bits per heavy atom. The Labute approximate surface area is 123 Å². The SMILES string of the molecule is O=C(/C=C/C1=C[C@@H]2[C@H](C1=O)[C@@H]1C=C[C@H]2C1)c1ccccc1. The van der Waals surface area contributed by atoms with Crippen molar-refractivity contribution in [1.29, 1.82) is 0 Å². The van der Waals surface area contributed by atoms with Crippen LogP contribution >= 0.6 is 0 Å². The Bertz CT molecular complexity index is 694. The molecule has 2 bridgehead atoms. The first-order valence-corrected chi connectivity index (χ1v) is 7.46. The van der Waals surface area contributed by atoms with E-state index in [1.54, 1.807) is 18.2 Å². The van der Waals surface area contributed by atoms with Crippen LogP contribution < -0.4 is 0 Å². The maximum atomic E-state index is 12.5. The predicted octanol–water partition coefficient (Wildman–Crippen LogP) is 3.37. The molecule has 4 atom stereocenters. The molecule has 0 spiro atoms. The van der Waals surface area contributed by atoms with Crippen molar-refractivity contribution in [2.75, 3.05) is 0 Å². The highest BCUT2D eigenvalue weighted by atomic mass is 16.1. The Hall–Kier alpha value is -2.22. The van der Waals surface area contributed by atoms with Crippen LogP contribution in [0.4, 0.5) is 0 Å². The minimum Gasteiger partial charge on any atom is -0.294 e. The molecule has 1 aromatic rings. The summed E-state index contributed by atoms with van der Waals surface area (Å²) < 4.78 is 0. The van der Waals surface area contributed by atoms with Crippen molar-refractivity contribution < 1.29 is 9.59 Å². The lowest BCUT2D eigenvalue weighted by Crippen LogP contribution is -2.20. The summed E-state index contributed by atoms with van der Waals surface area (Å²) >= 11 is 0. The smallest absolute Gasteiger partial charge is 0.185 e. The molecular weight excluding hydrogens is 260 g/mol. The number of carbonyl (C=O) groups is 2. The first-order valence-electron chi connectivity index (χ1n) is 7.46. The van der Waals surface area contributed by atoms with E-state index in [1.165, 1.54) is 6.08 Å². The van der Waals surface area contributed by atoms with E-state index in [0.29, 0.717) is 28.9 Å². The van der Waals surface area contributed by atoms with Crippen molar-refractivity contribution in [3.05, 3.63) is 71.8 Å². The molecule has 0 aromatic heterocycles. The number of rotatable bonds is 3. The molecule has 0 aliphatic heterocycles. The van der Waals surface area contributed by atoms with Gasteiger partial charge < -0.3 is 0 Å². The van der Waals surface area contributed by atoms with Crippen molar-refractivity contribution in [2.45, 2.75) is 6.42 Å². The second kappa shape index (κ2) is 4.66. The first-order chi connectivity index (χ1) is 10.2. The molecule has 0 N–H and O–H groups in total. The zero-order chi connectivity index (χ0) is 14.4. The largest absolute Gasteiger partial charge is 0.294 e. The number of fused-ring (bicyclic) bond motifs is 5. The zero-order valence-corrected chi connectivity index (χ0v) is 11.6. The summed E-state index contributed by atoms with van der Waals surface area (Å²) in [6.45, 7) is 0. The van der Waals surface area contributed by atoms with Gasteiger partial charge in [-0.05, 0) is 36.3 Å². The molecule has 104 valence electrons. The van der Waals surface area contributed by atoms with E-state index in [4.69, 9.17) is 0 Å². The van der Waals surface area contributed by atoms with Crippen LogP contribution in [-0.2, 0) is 4.79 Å². The minimum absolute atomic E-state index is 0.0533. The molecule has 2 heteroatoms. The molecule has 0 unspecified atom stereocenters. The van der Waals surface area contributed by atoms with Crippen LogP contribution in [0, 0.1) is 23.7 Å². The summed E-state index contributed by atoms with van der Waals surface area (Å²) in [4.78, 5) is 24.5. The third kappa shape index (κ3) is 1.94. The average Bonchev–Trinajstić information content (AvgIpc) is 3.19. The van der Waals surface area contributed by atoms with Gasteiger partial charge in [0.25, 0.3) is 0 Å². The van der Waals surface area contributed by atoms with Crippen LogP contribution in [0.25, 0.3) is 0 Å². The molecule has 1 fully saturated rings. The fourth-order valence-corrected chi connectivity index (χ4v) is 3.94. The summed E-state index contributed by atoms with van der Waals surface area (Å²) in [6.07, 6.45) is 10.9. The Morgan fingerprint density at radius 2 is 1.86 bits per heavy atom. The Balaban J connectivity index is 1.54. The molecule has 21 heavy (non-hydrogen) atoms. The van der Waals surface area contributed by atoms with Gasteiger partial charge in [-0.15, -0.1) is 0 Å². The third-order valence-electron chi connectivity index (χ3n) is 4.95. The van der Waals surface area contributed by atoms with E-state index < -0.39 is 0 Å². The number of benzene rings is 1. The molecule has 0 radical (unpaired) electrons. The number of carbonyl (C=O) groups excluding carboxylic acids is 2. The zero-order valence-electron chi connectivity index (χ0n) is 11.6. The van der Waals surface area contributed by atoms with Crippen LogP contribution in [0.2, 0.25) is 0 Å². The lowest BCUT2D eigenvalue weighted by molar-refractivity contribution is -0.119. The highest BCUT2D eigenvalue weighted by Crippen LogP contribution is 2.53. The van der Waals surface area contributed by atoms with Gasteiger partial charge in [0.05, 0.1) is 0 Å². The molecule has 1 saturated carbocycles. The first kappa shape index (κ1) is 12.5. The predicted molar refractivity (Wildman–Crippen MR) is 80.7 cm³/mol. The van der Waals surface area contributed by atoms with E-state index >= 15 is 0 Å². The van der Waals surface area contributed by atoms with Gasteiger partial charge in [-0.3, -0.25) is 9.59 Å². The van der Waals surface area contributed by atoms with Gasteiger partial charge in [0.2, 0.25) is 0 Å². The van der Waals surface area contributed by atoms with Gasteiger partial charge in [0, 0.05) is 17.1 Å². The summed E-state index contributed by atoms with van der Waals surface area (Å²) in [7, 11) is 0. The van der Waals surface area contributed by atoms with Crippen molar-refractivity contribution >= 4 is 11.6 Å². The Kier molecular flexibility index (Phi) is 2.78. The second-order valence-corrected chi connectivity index (χ2v) is 6.10. The summed E-state index contributed by atoms with van der Waals surface area (Å²) in [6, 6.07) is 9.14. The van der Waals surface area contributed by atoms with Gasteiger partial charge in [0.15, 0.2) is 11.6 Å². The number of Topliss-reactive ketones (excluding diaryl/α,β-unsaturated/α-hetero) is 1. The lowest BCUT2D eigenvalue weighted by Gasteiger charge is -2.17. The summed E-state index contributed by atoms with van der Waals surface area (Å²) in [5.74, 6) is 1.60. The summed E-state index contributed by atoms with van der Waals surface area (Å²) in [5, 5.41) is 0. The molecule has 3 aliphatic rings. The lowest BCUT2D eigenvalue weighted by atomic mass is 9.85. The van der Waals surface area contributed by atoms with Crippen LogP contribution in [0.3, 0.4) is 0 Å². The maximum absolute atomic E-state index is 12.5. The number of hydrogen-bond acceptors (Lipinski definition) is 2. The second-order valence-electron chi connectivity index (χ2n) is 6.10. The summed E-state index contributed by atoms with van der Waals surface area (Å²) in [5.41, 5.74) is 1.37. The van der Waals surface area contributed by atoms with E-state index in [1.807, 2.05) is 18.2 Å². The average molecular weight is 276 g/mol. The van der Waals surface area contributed by atoms with E-state index in [-0.39, 0.29) is 17.5 Å². The van der Waals surface area contributed by atoms with Crippen molar-refractivity contribution in [2.24, 2.45) is 23.7 Å². The molecule has 0 amide bonds. The molecular formula is C19H16O2. The minimum atomic E-state index is -0.0533. The highest BCUT2D eigenvalue weighted by molar-refractivity contribution is 6.08. The molecule has 1 aromatic carbocycles. The maximum Gasteiger partial charge on any atom is 0.185 e. The molecule has 3 aliphatic carbocycles. The van der Waals surface area contributed by atoms with Crippen molar-refractivity contribution in [1.82, 2.24) is 0 Å². The van der Waals surface area contributed by atoms with Gasteiger partial charge in [-0.25, -0.2) is 0 Å². The Morgan fingerprint density at radius 3 is 2.62 bits per heavy atom. The van der Waals surface area contributed by atoms with Crippen LogP contribution in [0.5, 0.6) is 0 Å². The quantitative estimate of drug-likeness (QED) is 0.482. The normalized spacial score (nSPS) is 32.8. The van der Waals surface area contributed by atoms with Gasteiger partial charge in [0.1, 0.15) is 0 Å². The third-order valence-corrected chi connectivity index (χ3v) is 4.95. The molecule has 0 heterocycles. The van der Waals surface area contributed by atoms with Crippen LogP contribution in [-0.4, -0.2) is 11.6 Å². The van der Waals surface area contributed by atoms with Gasteiger partial charge in [-0.1, -0.05) is 48.6 Å². The highest BCUT2D eigenvalue weighted by Gasteiger charge is 2.50. The van der Waals surface area contributed by atoms with Crippen molar-refractivity contribution in [3.63, 3.8) is 0 Å². The van der Waals surface area contributed by atoms with E-state index in [0.717, 1.165) is 6.42 Å². The topological polar surface area (TPSA) is 34.1 Å². The fraction of sp³-hybridized carbons (Fsp3) is 0.263. The molecule has 0 saturated heterocycles. The van der Waals surface area contributed by atoms with Crippen molar-refractivity contribution in [3.8, 4) is 0 Å². The van der Waals surface area contributed by atoms with Crippen LogP contribution in [0.1, 0.15) is 16.8 Å². The monoisotopic (exact) mass is 276 g/mol. The van der Waals surface area contributed by atoms with Gasteiger partial charge in [-0.2, -0.15) is 0 Å². The standard InChI is InChI=1S/C19H16O2/c20-17(12-4-2-1-3-5-12)9-8-15-11-16-13-6-7-14(10-13)18(16)19(15)21/h1-9,11,13-14,16,18H,10H2/b9-8+/t13-,14+,16-,18+/m0/s1. The van der Waals surface area contributed by atoms with Crippen LogP contribution in [0.15, 0.2) is 66.3 Å². The van der Waals surface area contributed by atoms with E-state index in [9.17, 15) is 9.59 Å². The number of allylic oxidation sites excluding steroid dienone is 6. The van der Waals surface area contributed by atoms with Gasteiger partial charge >= 0.3 is 0 Å². The number of hydrogen-bond donors (Lipinski definition) is 0. The number of ketones is 2. The molecule has 2 nitrogen and oxygen atoms in total.